The van der Waals surface area contributed by atoms with Crippen molar-refractivity contribution in [3.63, 3.8) is 0 Å². The molecule has 1 aliphatic rings. The van der Waals surface area contributed by atoms with E-state index in [2.05, 4.69) is 71.7 Å². The molecule has 0 spiro atoms. The van der Waals surface area contributed by atoms with Crippen LogP contribution in [0, 0.1) is 0 Å². The van der Waals surface area contributed by atoms with E-state index in [0.717, 1.165) is 27.3 Å². The van der Waals surface area contributed by atoms with Crippen LogP contribution in [0.1, 0.15) is 38.8 Å². The van der Waals surface area contributed by atoms with Crippen LogP contribution in [0.2, 0.25) is 5.02 Å². The second-order valence-electron chi connectivity index (χ2n) is 6.85. The zero-order valence-corrected chi connectivity index (χ0v) is 17.3. The van der Waals surface area contributed by atoms with E-state index < -0.39 is 0 Å². The molecule has 130 valence electrons. The highest BCUT2D eigenvalue weighted by Crippen LogP contribution is 2.41. The largest absolute Gasteiger partial charge is 0.363 e. The summed E-state index contributed by atoms with van der Waals surface area (Å²) in [5.41, 5.74) is 5.51. The van der Waals surface area contributed by atoms with Crippen LogP contribution in [0.3, 0.4) is 0 Å². The van der Waals surface area contributed by atoms with Gasteiger partial charge in [0.15, 0.2) is 0 Å². The summed E-state index contributed by atoms with van der Waals surface area (Å²) < 4.78 is 1.01. The van der Waals surface area contributed by atoms with Crippen molar-refractivity contribution in [1.29, 1.82) is 0 Å². The maximum Gasteiger partial charge on any atom is 0.0641 e. The Hall–Kier alpha value is -1.58. The molecule has 0 fully saturated rings. The molecule has 1 aliphatic heterocycles. The van der Waals surface area contributed by atoms with Crippen LogP contribution in [0.4, 0.5) is 11.4 Å². The lowest BCUT2D eigenvalue weighted by atomic mass is 9.88. The van der Waals surface area contributed by atoms with Crippen molar-refractivity contribution in [2.45, 2.75) is 33.2 Å². The Morgan fingerprint density at radius 1 is 1.24 bits per heavy atom. The van der Waals surface area contributed by atoms with Crippen molar-refractivity contribution in [1.82, 2.24) is 0 Å². The molecule has 0 saturated heterocycles. The summed E-state index contributed by atoms with van der Waals surface area (Å²) in [4.78, 5) is 6.95. The van der Waals surface area contributed by atoms with Gasteiger partial charge in [-0.1, -0.05) is 39.7 Å². The first-order chi connectivity index (χ1) is 11.8. The molecule has 3 rings (SSSR count). The van der Waals surface area contributed by atoms with Gasteiger partial charge in [-0.3, -0.25) is 4.99 Å². The van der Waals surface area contributed by atoms with Crippen molar-refractivity contribution < 1.29 is 0 Å². The first kappa shape index (κ1) is 18.2. The van der Waals surface area contributed by atoms with Crippen molar-refractivity contribution >= 4 is 50.7 Å². The summed E-state index contributed by atoms with van der Waals surface area (Å²) in [5, 5.41) is 0.724. The van der Waals surface area contributed by atoms with Gasteiger partial charge in [0.05, 0.1) is 16.2 Å². The highest BCUT2D eigenvalue weighted by atomic mass is 79.9. The van der Waals surface area contributed by atoms with E-state index in [4.69, 9.17) is 11.6 Å². The molecule has 0 N–H and O–H groups in total. The Morgan fingerprint density at radius 2 is 2.00 bits per heavy atom. The van der Waals surface area contributed by atoms with Gasteiger partial charge in [0.25, 0.3) is 0 Å². The Balaban J connectivity index is 2.03. The average Bonchev–Trinajstić information content (AvgIpc) is 2.53. The summed E-state index contributed by atoms with van der Waals surface area (Å²) in [6, 6.07) is 12.1. The van der Waals surface area contributed by atoms with Gasteiger partial charge in [-0.15, -0.1) is 0 Å². The van der Waals surface area contributed by atoms with E-state index in [1.165, 1.54) is 16.8 Å². The summed E-state index contributed by atoms with van der Waals surface area (Å²) in [6.45, 7) is 9.75. The van der Waals surface area contributed by atoms with Gasteiger partial charge in [0, 0.05) is 34.0 Å². The van der Waals surface area contributed by atoms with Crippen LogP contribution in [-0.4, -0.2) is 18.3 Å². The van der Waals surface area contributed by atoms with Crippen molar-refractivity contribution in [3.8, 4) is 0 Å². The number of nitrogens with zero attached hydrogens (tertiary/aromatic N) is 2. The predicted octanol–water partition coefficient (Wildman–Crippen LogP) is 6.87. The van der Waals surface area contributed by atoms with E-state index in [0.29, 0.717) is 0 Å². The number of hydrogen-bond donors (Lipinski definition) is 0. The van der Waals surface area contributed by atoms with Crippen LogP contribution in [-0.2, 0) is 0 Å². The van der Waals surface area contributed by atoms with Crippen LogP contribution in [0.15, 0.2) is 51.9 Å². The SMILES string of the molecule is CCN1c2cc(Cl)c(C=Nc3cccc(Br)c3)cc2C(C)=CC1(C)C. The van der Waals surface area contributed by atoms with Crippen molar-refractivity contribution in [2.75, 3.05) is 11.4 Å². The molecule has 0 bridgehead atoms. The fourth-order valence-electron chi connectivity index (χ4n) is 3.49. The highest BCUT2D eigenvalue weighted by Gasteiger charge is 2.30. The molecule has 2 aromatic carbocycles. The second-order valence-corrected chi connectivity index (χ2v) is 8.18. The smallest absolute Gasteiger partial charge is 0.0641 e. The zero-order valence-electron chi connectivity index (χ0n) is 15.0. The third-order valence-electron chi connectivity index (χ3n) is 4.57. The molecular weight excluding hydrogens is 396 g/mol. The van der Waals surface area contributed by atoms with E-state index in [1.807, 2.05) is 30.5 Å². The van der Waals surface area contributed by atoms with E-state index in [1.54, 1.807) is 0 Å². The lowest BCUT2D eigenvalue weighted by Crippen LogP contribution is -2.44. The fraction of sp³-hybridized carbons (Fsp3) is 0.286. The summed E-state index contributed by atoms with van der Waals surface area (Å²) in [7, 11) is 0. The second kappa shape index (κ2) is 6.97. The quantitative estimate of drug-likeness (QED) is 0.497. The number of likely N-dealkylation sites (N-methyl/N-ethyl adjacent to an activating group) is 1. The number of fused-ring (bicyclic) bond motifs is 1. The molecule has 1 heterocycles. The summed E-state index contributed by atoms with van der Waals surface area (Å²) >= 11 is 10.0. The maximum atomic E-state index is 6.58. The van der Waals surface area contributed by atoms with Crippen LogP contribution >= 0.6 is 27.5 Å². The Labute approximate surface area is 163 Å². The first-order valence-electron chi connectivity index (χ1n) is 8.42. The van der Waals surface area contributed by atoms with Gasteiger partial charge in [-0.25, -0.2) is 0 Å². The third kappa shape index (κ3) is 3.68. The van der Waals surface area contributed by atoms with E-state index in [-0.39, 0.29) is 5.54 Å². The van der Waals surface area contributed by atoms with Gasteiger partial charge < -0.3 is 4.90 Å². The molecule has 0 aromatic heterocycles. The molecule has 0 radical (unpaired) electrons. The molecule has 0 saturated carbocycles. The minimum absolute atomic E-state index is 0.0128. The van der Waals surface area contributed by atoms with Crippen molar-refractivity contribution in [3.05, 3.63) is 63.1 Å². The Morgan fingerprint density at radius 3 is 2.68 bits per heavy atom. The van der Waals surface area contributed by atoms with E-state index >= 15 is 0 Å². The lowest BCUT2D eigenvalue weighted by molar-refractivity contribution is 0.566. The number of aliphatic imine (C=N–C) groups is 1. The van der Waals surface area contributed by atoms with Crippen molar-refractivity contribution in [2.24, 2.45) is 4.99 Å². The van der Waals surface area contributed by atoms with Gasteiger partial charge >= 0.3 is 0 Å². The monoisotopic (exact) mass is 416 g/mol. The minimum atomic E-state index is -0.0128. The lowest BCUT2D eigenvalue weighted by Gasteiger charge is -2.43. The van der Waals surface area contributed by atoms with Crippen LogP contribution in [0.25, 0.3) is 5.57 Å². The first-order valence-corrected chi connectivity index (χ1v) is 9.59. The van der Waals surface area contributed by atoms with Crippen LogP contribution < -0.4 is 4.90 Å². The number of benzene rings is 2. The maximum absolute atomic E-state index is 6.58. The molecular formula is C21H22BrClN2. The molecule has 0 amide bonds. The number of anilines is 1. The number of halogens is 2. The summed E-state index contributed by atoms with van der Waals surface area (Å²) in [6.07, 6.45) is 4.16. The average molecular weight is 418 g/mol. The minimum Gasteiger partial charge on any atom is -0.363 e. The molecule has 0 unspecified atom stereocenters. The third-order valence-corrected chi connectivity index (χ3v) is 5.39. The number of hydrogen-bond acceptors (Lipinski definition) is 2. The molecule has 0 aliphatic carbocycles. The van der Waals surface area contributed by atoms with Gasteiger partial charge in [-0.05, 0) is 63.6 Å². The molecule has 25 heavy (non-hydrogen) atoms. The van der Waals surface area contributed by atoms with E-state index in [9.17, 15) is 0 Å². The molecule has 0 atom stereocenters. The normalized spacial score (nSPS) is 16.1. The topological polar surface area (TPSA) is 15.6 Å². The standard InChI is InChI=1S/C21H22BrClN2/c1-5-25-20-11-19(23)15(9-18(20)14(2)12-21(25,3)4)13-24-17-8-6-7-16(22)10-17/h6-13H,5H2,1-4H3. The number of allylic oxidation sites excluding steroid dienone is 1. The Bertz CT molecular complexity index is 868. The molecule has 4 heteroatoms. The van der Waals surface area contributed by atoms with Gasteiger partial charge in [-0.2, -0.15) is 0 Å². The van der Waals surface area contributed by atoms with Gasteiger partial charge in [0.2, 0.25) is 0 Å². The molecule has 2 aromatic rings. The number of rotatable bonds is 3. The fourth-order valence-corrected chi connectivity index (χ4v) is 4.09. The Kier molecular flexibility index (Phi) is 5.08. The van der Waals surface area contributed by atoms with Gasteiger partial charge in [0.1, 0.15) is 0 Å². The zero-order chi connectivity index (χ0) is 18.2. The summed E-state index contributed by atoms with van der Waals surface area (Å²) in [5.74, 6) is 0. The predicted molar refractivity (Wildman–Crippen MR) is 114 cm³/mol. The highest BCUT2D eigenvalue weighted by molar-refractivity contribution is 9.10. The van der Waals surface area contributed by atoms with Crippen LogP contribution in [0.5, 0.6) is 0 Å². The molecule has 2 nitrogen and oxygen atoms in total.